The van der Waals surface area contributed by atoms with Crippen molar-refractivity contribution < 1.29 is 13.2 Å². The summed E-state index contributed by atoms with van der Waals surface area (Å²) in [6.07, 6.45) is 0.0848. The fraction of sp³-hybridized carbons (Fsp3) is 0.333. The fourth-order valence-electron chi connectivity index (χ4n) is 1.50. The predicted molar refractivity (Wildman–Crippen MR) is 80.8 cm³/mol. The number of benzene rings is 1. The molecule has 1 aromatic rings. The first-order valence-electron chi connectivity index (χ1n) is 5.84. The van der Waals surface area contributed by atoms with Crippen molar-refractivity contribution in [1.29, 1.82) is 0 Å². The van der Waals surface area contributed by atoms with Crippen LogP contribution in [-0.4, -0.2) is 44.9 Å². The van der Waals surface area contributed by atoms with Crippen LogP contribution in [0.5, 0.6) is 0 Å². The van der Waals surface area contributed by atoms with Gasteiger partial charge >= 0.3 is 0 Å². The number of sulfonamides is 1. The maximum Gasteiger partial charge on any atom is 0.241 e. The SMILES string of the molecule is CN(C)C(=O)CCNS(=O)(=O)c1ccccc1C(N)=S. The van der Waals surface area contributed by atoms with Gasteiger partial charge in [-0.25, -0.2) is 13.1 Å². The standard InChI is InChI=1S/C12H17N3O3S2/c1-15(2)11(16)7-8-14-20(17,18)10-6-4-3-5-9(10)12(13)19/h3-6,14H,7-8H2,1-2H3,(H2,13,19). The Morgan fingerprint density at radius 3 is 2.50 bits per heavy atom. The van der Waals surface area contributed by atoms with E-state index in [0.717, 1.165) is 0 Å². The summed E-state index contributed by atoms with van der Waals surface area (Å²) in [4.78, 5) is 12.8. The number of nitrogens with one attached hydrogen (secondary N) is 1. The van der Waals surface area contributed by atoms with E-state index in [1.54, 1.807) is 32.3 Å². The quantitative estimate of drug-likeness (QED) is 0.725. The largest absolute Gasteiger partial charge is 0.389 e. The van der Waals surface area contributed by atoms with Crippen LogP contribution in [0.4, 0.5) is 0 Å². The molecule has 0 radical (unpaired) electrons. The van der Waals surface area contributed by atoms with Gasteiger partial charge in [-0.05, 0) is 6.07 Å². The number of rotatable bonds is 6. The maximum absolute atomic E-state index is 12.2. The molecule has 0 unspecified atom stereocenters. The molecular formula is C12H17N3O3S2. The Morgan fingerprint density at radius 2 is 1.95 bits per heavy atom. The summed E-state index contributed by atoms with van der Waals surface area (Å²) in [6, 6.07) is 6.21. The lowest BCUT2D eigenvalue weighted by Gasteiger charge is -2.12. The molecule has 0 saturated heterocycles. The Hall–Kier alpha value is -1.51. The van der Waals surface area contributed by atoms with E-state index in [2.05, 4.69) is 4.72 Å². The Balaban J connectivity index is 2.85. The van der Waals surface area contributed by atoms with Crippen molar-refractivity contribution in [3.05, 3.63) is 29.8 Å². The van der Waals surface area contributed by atoms with Gasteiger partial charge in [0.05, 0.1) is 4.90 Å². The highest BCUT2D eigenvalue weighted by Crippen LogP contribution is 2.15. The fourth-order valence-corrected chi connectivity index (χ4v) is 2.99. The van der Waals surface area contributed by atoms with Gasteiger partial charge in [-0.3, -0.25) is 4.79 Å². The third-order valence-corrected chi connectivity index (χ3v) is 4.31. The Morgan fingerprint density at radius 1 is 1.35 bits per heavy atom. The van der Waals surface area contributed by atoms with Crippen molar-refractivity contribution in [2.45, 2.75) is 11.3 Å². The van der Waals surface area contributed by atoms with Crippen molar-refractivity contribution in [2.24, 2.45) is 5.73 Å². The molecule has 0 aliphatic heterocycles. The lowest BCUT2D eigenvalue weighted by Crippen LogP contribution is -2.31. The summed E-state index contributed by atoms with van der Waals surface area (Å²) in [7, 11) is -0.525. The Labute approximate surface area is 124 Å². The van der Waals surface area contributed by atoms with Crippen molar-refractivity contribution in [3.8, 4) is 0 Å². The molecule has 0 atom stereocenters. The van der Waals surface area contributed by atoms with E-state index < -0.39 is 10.0 Å². The summed E-state index contributed by atoms with van der Waals surface area (Å²) in [5.74, 6) is -0.157. The minimum absolute atomic E-state index is 0.00958. The average molecular weight is 315 g/mol. The molecule has 3 N–H and O–H groups in total. The molecule has 0 aromatic heterocycles. The van der Waals surface area contributed by atoms with Gasteiger partial charge in [0.15, 0.2) is 0 Å². The molecule has 0 fully saturated rings. The second-order valence-electron chi connectivity index (χ2n) is 4.30. The van der Waals surface area contributed by atoms with Gasteiger partial charge in [-0.2, -0.15) is 0 Å². The van der Waals surface area contributed by atoms with Crippen molar-refractivity contribution in [3.63, 3.8) is 0 Å². The summed E-state index contributed by atoms with van der Waals surface area (Å²) in [6.45, 7) is 0.0189. The average Bonchev–Trinajstić information content (AvgIpc) is 2.38. The molecule has 110 valence electrons. The number of amides is 1. The zero-order valence-electron chi connectivity index (χ0n) is 11.3. The van der Waals surface area contributed by atoms with E-state index >= 15 is 0 Å². The van der Waals surface area contributed by atoms with Crippen LogP contribution in [0.15, 0.2) is 29.2 Å². The van der Waals surface area contributed by atoms with Crippen LogP contribution in [0.3, 0.4) is 0 Å². The van der Waals surface area contributed by atoms with Gasteiger partial charge in [-0.15, -0.1) is 0 Å². The van der Waals surface area contributed by atoms with E-state index in [4.69, 9.17) is 18.0 Å². The topological polar surface area (TPSA) is 92.5 Å². The number of nitrogens with two attached hydrogens (primary N) is 1. The minimum Gasteiger partial charge on any atom is -0.389 e. The van der Waals surface area contributed by atoms with Crippen molar-refractivity contribution in [2.75, 3.05) is 20.6 Å². The molecule has 1 aromatic carbocycles. The van der Waals surface area contributed by atoms with Crippen LogP contribution in [0.2, 0.25) is 0 Å². The van der Waals surface area contributed by atoms with Crippen LogP contribution < -0.4 is 10.5 Å². The molecule has 8 heteroatoms. The van der Waals surface area contributed by atoms with E-state index in [1.807, 2.05) is 0 Å². The second-order valence-corrected chi connectivity index (χ2v) is 6.47. The summed E-state index contributed by atoms with van der Waals surface area (Å²) in [5, 5.41) is 0. The zero-order chi connectivity index (χ0) is 15.3. The van der Waals surface area contributed by atoms with Crippen LogP contribution in [0.25, 0.3) is 0 Å². The van der Waals surface area contributed by atoms with Gasteiger partial charge < -0.3 is 10.6 Å². The van der Waals surface area contributed by atoms with Gasteiger partial charge in [0, 0.05) is 32.6 Å². The van der Waals surface area contributed by atoms with Crippen LogP contribution >= 0.6 is 12.2 Å². The van der Waals surface area contributed by atoms with Crippen LogP contribution in [-0.2, 0) is 14.8 Å². The number of carbonyl (C=O) groups is 1. The highest BCUT2D eigenvalue weighted by Gasteiger charge is 2.19. The lowest BCUT2D eigenvalue weighted by atomic mass is 10.2. The van der Waals surface area contributed by atoms with Crippen LogP contribution in [0.1, 0.15) is 12.0 Å². The van der Waals surface area contributed by atoms with E-state index in [1.165, 1.54) is 11.0 Å². The minimum atomic E-state index is -3.75. The molecule has 1 amide bonds. The van der Waals surface area contributed by atoms with Gasteiger partial charge in [0.1, 0.15) is 4.99 Å². The molecule has 0 spiro atoms. The molecule has 20 heavy (non-hydrogen) atoms. The molecule has 0 aliphatic rings. The summed E-state index contributed by atoms with van der Waals surface area (Å²) >= 11 is 4.83. The molecule has 0 aliphatic carbocycles. The molecule has 6 nitrogen and oxygen atoms in total. The first-order chi connectivity index (χ1) is 9.25. The van der Waals surface area contributed by atoms with E-state index in [0.29, 0.717) is 0 Å². The zero-order valence-corrected chi connectivity index (χ0v) is 12.9. The molecular weight excluding hydrogens is 298 g/mol. The molecule has 1 rings (SSSR count). The van der Waals surface area contributed by atoms with Crippen molar-refractivity contribution in [1.82, 2.24) is 9.62 Å². The monoisotopic (exact) mass is 315 g/mol. The third-order valence-electron chi connectivity index (χ3n) is 2.57. The summed E-state index contributed by atoms with van der Waals surface area (Å²) < 4.78 is 26.7. The first-order valence-corrected chi connectivity index (χ1v) is 7.73. The second kappa shape index (κ2) is 6.78. The Bertz CT molecular complexity index is 612. The molecule has 0 saturated carbocycles. The van der Waals surface area contributed by atoms with E-state index in [9.17, 15) is 13.2 Å². The highest BCUT2D eigenvalue weighted by molar-refractivity contribution is 7.89. The number of hydrogen-bond acceptors (Lipinski definition) is 4. The highest BCUT2D eigenvalue weighted by atomic mass is 32.2. The van der Waals surface area contributed by atoms with Crippen molar-refractivity contribution >= 4 is 33.1 Å². The summed E-state index contributed by atoms with van der Waals surface area (Å²) in [5.41, 5.74) is 5.79. The number of carbonyl (C=O) groups excluding carboxylic acids is 1. The van der Waals surface area contributed by atoms with Crippen LogP contribution in [0, 0.1) is 0 Å². The molecule has 0 bridgehead atoms. The number of hydrogen-bond donors (Lipinski definition) is 2. The normalized spacial score (nSPS) is 11.1. The number of thiocarbonyl (C=S) groups is 1. The Kier molecular flexibility index (Phi) is 5.61. The maximum atomic E-state index is 12.2. The lowest BCUT2D eigenvalue weighted by molar-refractivity contribution is -0.128. The van der Waals surface area contributed by atoms with E-state index in [-0.39, 0.29) is 34.3 Å². The molecule has 0 heterocycles. The van der Waals surface area contributed by atoms with Gasteiger partial charge in [-0.1, -0.05) is 30.4 Å². The third kappa shape index (κ3) is 4.26. The van der Waals surface area contributed by atoms with Gasteiger partial charge in [0.25, 0.3) is 0 Å². The smallest absolute Gasteiger partial charge is 0.241 e. The van der Waals surface area contributed by atoms with Gasteiger partial charge in [0.2, 0.25) is 15.9 Å². The number of nitrogens with zero attached hydrogens (tertiary/aromatic N) is 1. The predicted octanol–water partition coefficient (Wildman–Crippen LogP) is 0.0774. The first kappa shape index (κ1) is 16.5.